The molecule has 0 aliphatic rings. The number of tetrazole rings is 1. The van der Waals surface area contributed by atoms with Gasteiger partial charge in [-0.1, -0.05) is 37.3 Å². The first-order valence-corrected chi connectivity index (χ1v) is 8.71. The number of nitrogens with one attached hydrogen (secondary N) is 1. The van der Waals surface area contributed by atoms with Crippen molar-refractivity contribution in [2.24, 2.45) is 0 Å². The summed E-state index contributed by atoms with van der Waals surface area (Å²) in [6.07, 6.45) is 1.48. The van der Waals surface area contributed by atoms with E-state index in [4.69, 9.17) is 0 Å². The SMILES string of the molecule is CCc1ccc(C[C@H](C(=O)Nc2ccc(C)c(C)c2)c2nnn[n-]2)cc1. The van der Waals surface area contributed by atoms with Crippen molar-refractivity contribution in [1.82, 2.24) is 20.6 Å². The van der Waals surface area contributed by atoms with Crippen molar-refractivity contribution in [3.8, 4) is 0 Å². The molecule has 0 saturated carbocycles. The highest BCUT2D eigenvalue weighted by molar-refractivity contribution is 5.95. The molecular formula is C20H22N5O-. The number of amides is 1. The number of aryl methyl sites for hydroxylation is 3. The van der Waals surface area contributed by atoms with E-state index in [0.29, 0.717) is 12.2 Å². The third-order valence-corrected chi connectivity index (χ3v) is 4.61. The van der Waals surface area contributed by atoms with Crippen molar-refractivity contribution >= 4 is 11.6 Å². The maximum absolute atomic E-state index is 12.9. The normalized spacial score (nSPS) is 12.0. The predicted molar refractivity (Wildman–Crippen MR) is 100.0 cm³/mol. The number of anilines is 1. The molecule has 0 aliphatic heterocycles. The fourth-order valence-electron chi connectivity index (χ4n) is 2.79. The van der Waals surface area contributed by atoms with Crippen LogP contribution in [-0.2, 0) is 17.6 Å². The quantitative estimate of drug-likeness (QED) is 0.740. The molecule has 0 radical (unpaired) electrons. The van der Waals surface area contributed by atoms with Gasteiger partial charge in [0.15, 0.2) is 0 Å². The van der Waals surface area contributed by atoms with Crippen LogP contribution in [0.25, 0.3) is 0 Å². The van der Waals surface area contributed by atoms with E-state index >= 15 is 0 Å². The summed E-state index contributed by atoms with van der Waals surface area (Å²) >= 11 is 0. The summed E-state index contributed by atoms with van der Waals surface area (Å²) < 4.78 is 0. The van der Waals surface area contributed by atoms with Gasteiger partial charge in [0.25, 0.3) is 0 Å². The molecule has 1 aromatic heterocycles. The van der Waals surface area contributed by atoms with Crippen molar-refractivity contribution < 1.29 is 4.79 Å². The largest absolute Gasteiger partial charge is 0.335 e. The van der Waals surface area contributed by atoms with Crippen molar-refractivity contribution in [3.05, 3.63) is 70.5 Å². The summed E-state index contributed by atoms with van der Waals surface area (Å²) in [6.45, 7) is 6.18. The molecule has 0 bridgehead atoms. The van der Waals surface area contributed by atoms with Crippen LogP contribution in [-0.4, -0.2) is 21.4 Å². The Morgan fingerprint density at radius 3 is 2.42 bits per heavy atom. The van der Waals surface area contributed by atoms with E-state index in [1.165, 1.54) is 11.1 Å². The Hall–Kier alpha value is -3.02. The van der Waals surface area contributed by atoms with Crippen molar-refractivity contribution in [3.63, 3.8) is 0 Å². The third-order valence-electron chi connectivity index (χ3n) is 4.61. The van der Waals surface area contributed by atoms with Gasteiger partial charge in [0, 0.05) is 11.5 Å². The van der Waals surface area contributed by atoms with Crippen LogP contribution in [0.1, 0.15) is 40.9 Å². The monoisotopic (exact) mass is 348 g/mol. The minimum absolute atomic E-state index is 0.164. The first-order chi connectivity index (χ1) is 12.6. The Balaban J connectivity index is 1.81. The lowest BCUT2D eigenvalue weighted by Crippen LogP contribution is -2.24. The van der Waals surface area contributed by atoms with Gasteiger partial charge in [0.05, 0.1) is 5.92 Å². The summed E-state index contributed by atoms with van der Waals surface area (Å²) in [4.78, 5) is 12.9. The molecule has 1 heterocycles. The number of rotatable bonds is 6. The van der Waals surface area contributed by atoms with Gasteiger partial charge >= 0.3 is 0 Å². The lowest BCUT2D eigenvalue weighted by molar-refractivity contribution is -0.117. The number of carbonyl (C=O) groups excluding carboxylic acids is 1. The fraction of sp³-hybridized carbons (Fsp3) is 0.300. The molecule has 6 nitrogen and oxygen atoms in total. The maximum atomic E-state index is 12.9. The van der Waals surface area contributed by atoms with Crippen LogP contribution in [0.15, 0.2) is 42.5 Å². The number of nitrogens with zero attached hydrogens (tertiary/aromatic N) is 4. The summed E-state index contributed by atoms with van der Waals surface area (Å²) in [6, 6.07) is 14.1. The minimum atomic E-state index is -0.543. The number of benzene rings is 2. The molecule has 0 aliphatic carbocycles. The average molecular weight is 348 g/mol. The molecule has 0 fully saturated rings. The molecule has 2 aromatic carbocycles. The zero-order valence-corrected chi connectivity index (χ0v) is 15.2. The Bertz CT molecular complexity index is 872. The fourth-order valence-corrected chi connectivity index (χ4v) is 2.79. The van der Waals surface area contributed by atoms with Crippen LogP contribution in [0.5, 0.6) is 0 Å². The van der Waals surface area contributed by atoms with Crippen molar-refractivity contribution in [1.29, 1.82) is 0 Å². The van der Waals surface area contributed by atoms with Gasteiger partial charge in [-0.25, -0.2) is 0 Å². The number of hydrogen-bond donors (Lipinski definition) is 1. The van der Waals surface area contributed by atoms with E-state index in [-0.39, 0.29) is 5.91 Å². The zero-order valence-electron chi connectivity index (χ0n) is 15.2. The first-order valence-electron chi connectivity index (χ1n) is 8.71. The van der Waals surface area contributed by atoms with E-state index in [1.807, 2.05) is 44.2 Å². The summed E-state index contributed by atoms with van der Waals surface area (Å²) in [7, 11) is 0. The standard InChI is InChI=1S/C20H23N5O/c1-4-15-6-8-16(9-7-15)12-18(19-22-24-25-23-19)20(26)21-17-10-5-13(2)14(3)11-17/h5-11,18H,4,12H2,1-3H3,(H2,21,22,23,24,25,26)/p-1/t18-/m0/s1. The van der Waals surface area contributed by atoms with Gasteiger partial charge in [0.1, 0.15) is 0 Å². The van der Waals surface area contributed by atoms with E-state index < -0.39 is 5.92 Å². The second kappa shape index (κ2) is 7.91. The number of aromatic nitrogens is 4. The molecule has 3 rings (SSSR count). The van der Waals surface area contributed by atoms with E-state index in [9.17, 15) is 4.79 Å². The average Bonchev–Trinajstić information content (AvgIpc) is 3.17. The Kier molecular flexibility index (Phi) is 5.41. The molecule has 26 heavy (non-hydrogen) atoms. The summed E-state index contributed by atoms with van der Waals surface area (Å²) in [5, 5.41) is 17.9. The molecular weight excluding hydrogens is 326 g/mol. The second-order valence-corrected chi connectivity index (χ2v) is 6.45. The van der Waals surface area contributed by atoms with E-state index in [1.54, 1.807) is 0 Å². The lowest BCUT2D eigenvalue weighted by atomic mass is 9.96. The van der Waals surface area contributed by atoms with Crippen LogP contribution in [0.2, 0.25) is 0 Å². The minimum Gasteiger partial charge on any atom is -0.335 e. The van der Waals surface area contributed by atoms with Crippen LogP contribution >= 0.6 is 0 Å². The van der Waals surface area contributed by atoms with Gasteiger partial charge in [-0.15, -0.1) is 0 Å². The molecule has 1 atom stereocenters. The Morgan fingerprint density at radius 2 is 1.81 bits per heavy atom. The highest BCUT2D eigenvalue weighted by atomic mass is 16.1. The summed E-state index contributed by atoms with van der Waals surface area (Å²) in [5.41, 5.74) is 5.38. The van der Waals surface area contributed by atoms with Crippen LogP contribution in [0.4, 0.5) is 5.69 Å². The number of hydrogen-bond acceptors (Lipinski definition) is 4. The van der Waals surface area contributed by atoms with Crippen LogP contribution < -0.4 is 10.4 Å². The van der Waals surface area contributed by atoms with Gasteiger partial charge < -0.3 is 10.4 Å². The predicted octanol–water partition coefficient (Wildman–Crippen LogP) is 2.97. The molecule has 1 amide bonds. The highest BCUT2D eigenvalue weighted by Gasteiger charge is 2.21. The van der Waals surface area contributed by atoms with Crippen LogP contribution in [0.3, 0.4) is 0 Å². The third kappa shape index (κ3) is 4.14. The molecule has 134 valence electrons. The zero-order chi connectivity index (χ0) is 18.5. The summed E-state index contributed by atoms with van der Waals surface area (Å²) in [5.74, 6) is -0.368. The topological polar surface area (TPSA) is 81.9 Å². The van der Waals surface area contributed by atoms with Crippen molar-refractivity contribution in [2.75, 3.05) is 5.32 Å². The molecule has 0 spiro atoms. The molecule has 3 aromatic rings. The molecule has 1 N–H and O–H groups in total. The Morgan fingerprint density at radius 1 is 1.08 bits per heavy atom. The van der Waals surface area contributed by atoms with Crippen LogP contribution in [0, 0.1) is 13.8 Å². The number of carbonyl (C=O) groups is 1. The lowest BCUT2D eigenvalue weighted by Gasteiger charge is -2.18. The second-order valence-electron chi connectivity index (χ2n) is 6.45. The van der Waals surface area contributed by atoms with Gasteiger partial charge in [-0.3, -0.25) is 15.1 Å². The van der Waals surface area contributed by atoms with Gasteiger partial charge in [-0.2, -0.15) is 5.21 Å². The highest BCUT2D eigenvalue weighted by Crippen LogP contribution is 2.21. The molecule has 0 unspecified atom stereocenters. The van der Waals surface area contributed by atoms with Gasteiger partial charge in [-0.05, 0) is 61.1 Å². The molecule has 6 heteroatoms. The Labute approximate surface area is 153 Å². The van der Waals surface area contributed by atoms with Crippen molar-refractivity contribution in [2.45, 2.75) is 39.5 Å². The maximum Gasteiger partial charge on any atom is 0.232 e. The molecule has 0 saturated heterocycles. The van der Waals surface area contributed by atoms with E-state index in [2.05, 4.69) is 45.0 Å². The smallest absolute Gasteiger partial charge is 0.232 e. The first kappa shape index (κ1) is 17.8. The van der Waals surface area contributed by atoms with Gasteiger partial charge in [0.2, 0.25) is 5.91 Å². The van der Waals surface area contributed by atoms with E-state index in [0.717, 1.165) is 23.2 Å².